The highest BCUT2D eigenvalue weighted by atomic mass is 32.1. The Morgan fingerprint density at radius 3 is 2.48 bits per heavy atom. The second-order valence-electron chi connectivity index (χ2n) is 19.6. The monoisotopic (exact) mass is 869 g/mol. The molecule has 330 valence electrons. The molecular weight excluding hydrogens is 811 g/mol. The van der Waals surface area contributed by atoms with Crippen LogP contribution in [0.5, 0.6) is 5.75 Å². The molecule has 6 aliphatic rings. The molecular formula is C49H59N9O4S. The fourth-order valence-corrected chi connectivity index (χ4v) is 13.6. The summed E-state index contributed by atoms with van der Waals surface area (Å²) in [5.41, 5.74) is 14.3. The number of hydrogen-bond donors (Lipinski definition) is 4. The molecule has 3 aromatic heterocycles. The molecule has 2 unspecified atom stereocenters. The van der Waals surface area contributed by atoms with E-state index in [0.717, 1.165) is 113 Å². The average Bonchev–Trinajstić information content (AvgIpc) is 3.83. The maximum Gasteiger partial charge on any atom is 0.358 e. The number of anilines is 2. The zero-order valence-corrected chi connectivity index (χ0v) is 38.1. The van der Waals surface area contributed by atoms with Crippen LogP contribution < -0.4 is 31.1 Å². The number of aromatic nitrogens is 4. The number of thiazole rings is 1. The lowest BCUT2D eigenvalue weighted by molar-refractivity contribution is -0.247. The van der Waals surface area contributed by atoms with E-state index in [1.165, 1.54) is 24.8 Å². The number of benzene rings is 2. The fraction of sp³-hybridized carbons (Fsp3) is 0.469. The van der Waals surface area contributed by atoms with E-state index in [0.29, 0.717) is 11.4 Å². The van der Waals surface area contributed by atoms with Crippen LogP contribution in [0.3, 0.4) is 0 Å². The van der Waals surface area contributed by atoms with Crippen LogP contribution in [0.15, 0.2) is 89.6 Å². The molecule has 2 aliphatic heterocycles. The maximum atomic E-state index is 14.4. The molecule has 0 amide bonds. The van der Waals surface area contributed by atoms with Crippen molar-refractivity contribution in [2.24, 2.45) is 16.2 Å². The molecule has 14 heteroatoms. The van der Waals surface area contributed by atoms with Crippen LogP contribution in [0.1, 0.15) is 93.9 Å². The van der Waals surface area contributed by atoms with E-state index < -0.39 is 5.97 Å². The number of rotatable bonds is 14. The summed E-state index contributed by atoms with van der Waals surface area (Å²) in [7, 11) is 3.63. The van der Waals surface area contributed by atoms with E-state index in [2.05, 4.69) is 64.8 Å². The van der Waals surface area contributed by atoms with Gasteiger partial charge in [0.25, 0.3) is 0 Å². The minimum Gasteiger partial charge on any atom is -0.497 e. The number of carbonyl (C=O) groups is 1. The quantitative estimate of drug-likeness (QED) is 0.0627. The molecule has 4 fully saturated rings. The van der Waals surface area contributed by atoms with Gasteiger partial charge in [0.15, 0.2) is 10.8 Å². The number of hydrogen-bond acceptors (Lipinski definition) is 13. The molecule has 0 saturated heterocycles. The van der Waals surface area contributed by atoms with E-state index >= 15 is 0 Å². The second-order valence-corrected chi connectivity index (χ2v) is 20.6. The number of nitrogens with one attached hydrogen (secondary N) is 4. The van der Waals surface area contributed by atoms with Crippen LogP contribution in [0.2, 0.25) is 0 Å². The highest BCUT2D eigenvalue weighted by Crippen LogP contribution is 2.72. The number of ether oxygens (including phenoxy) is 3. The van der Waals surface area contributed by atoms with E-state index in [9.17, 15) is 4.79 Å². The van der Waals surface area contributed by atoms with Crippen molar-refractivity contribution in [1.82, 2.24) is 35.9 Å². The Kier molecular flexibility index (Phi) is 10.5. The van der Waals surface area contributed by atoms with Gasteiger partial charge in [-0.05, 0) is 136 Å². The topological polar surface area (TPSA) is 140 Å². The van der Waals surface area contributed by atoms with Crippen LogP contribution in [-0.2, 0) is 22.6 Å². The Morgan fingerprint density at radius 2 is 1.71 bits per heavy atom. The lowest BCUT2D eigenvalue weighted by Crippen LogP contribution is -2.64. The Bertz CT molecular complexity index is 2580. The molecule has 13 nitrogen and oxygen atoms in total. The van der Waals surface area contributed by atoms with Crippen LogP contribution in [0.25, 0.3) is 21.3 Å². The highest BCUT2D eigenvalue weighted by Gasteiger charge is 2.66. The van der Waals surface area contributed by atoms with Crippen LogP contribution >= 0.6 is 11.3 Å². The number of esters is 1. The van der Waals surface area contributed by atoms with Gasteiger partial charge in [-0.25, -0.2) is 14.8 Å². The van der Waals surface area contributed by atoms with Gasteiger partial charge in [0.2, 0.25) is 0 Å². The summed E-state index contributed by atoms with van der Waals surface area (Å²) in [5.74, 6) is 2.70. The summed E-state index contributed by atoms with van der Waals surface area (Å²) in [4.78, 5) is 26.5. The van der Waals surface area contributed by atoms with E-state index in [1.807, 2.05) is 67.8 Å². The molecule has 2 atom stereocenters. The third kappa shape index (κ3) is 7.84. The second kappa shape index (κ2) is 16.0. The first-order valence-electron chi connectivity index (χ1n) is 22.4. The molecule has 2 aromatic carbocycles. The summed E-state index contributed by atoms with van der Waals surface area (Å²) in [6, 6.07) is 19.8. The number of methoxy groups -OCH3 is 1. The number of fused-ring (bicyclic) bond motifs is 1. The van der Waals surface area contributed by atoms with Crippen molar-refractivity contribution < 1.29 is 19.0 Å². The minimum atomic E-state index is -0.489. The van der Waals surface area contributed by atoms with E-state index in [4.69, 9.17) is 29.3 Å². The van der Waals surface area contributed by atoms with E-state index in [1.54, 1.807) is 18.4 Å². The Balaban J connectivity index is 0.965. The number of likely N-dealkylation sites (N-methyl/N-ethyl adjacent to an activating group) is 1. The van der Waals surface area contributed by atoms with Crippen molar-refractivity contribution in [3.05, 3.63) is 107 Å². The molecule has 5 heterocycles. The highest BCUT2D eigenvalue weighted by molar-refractivity contribution is 7.22. The lowest BCUT2D eigenvalue weighted by Gasteiger charge is -2.69. The number of hydrazine groups is 1. The van der Waals surface area contributed by atoms with Crippen LogP contribution in [0, 0.1) is 23.2 Å². The lowest BCUT2D eigenvalue weighted by atomic mass is 9.39. The largest absolute Gasteiger partial charge is 0.497 e. The Morgan fingerprint density at radius 1 is 0.921 bits per heavy atom. The van der Waals surface area contributed by atoms with Crippen LogP contribution in [-0.4, -0.2) is 65.2 Å². The maximum absolute atomic E-state index is 14.4. The van der Waals surface area contributed by atoms with Crippen LogP contribution in [0.4, 0.5) is 10.9 Å². The van der Waals surface area contributed by atoms with Crippen molar-refractivity contribution >= 4 is 38.5 Å². The minimum absolute atomic E-state index is 0.0747. The first kappa shape index (κ1) is 41.6. The predicted molar refractivity (Wildman–Crippen MR) is 247 cm³/mol. The van der Waals surface area contributed by atoms with Gasteiger partial charge in [0.05, 0.1) is 35.7 Å². The molecule has 4 saturated carbocycles. The summed E-state index contributed by atoms with van der Waals surface area (Å²) in [5, 5.41) is 12.7. The number of nitrogens with zero attached hydrogens (tertiary/aromatic N) is 5. The number of para-hydroxylation sites is 1. The fourth-order valence-electron chi connectivity index (χ4n) is 12.7. The van der Waals surface area contributed by atoms with Gasteiger partial charge in [-0.2, -0.15) is 5.10 Å². The zero-order valence-electron chi connectivity index (χ0n) is 37.3. The van der Waals surface area contributed by atoms with E-state index in [-0.39, 0.29) is 34.1 Å². The van der Waals surface area contributed by atoms with Crippen molar-refractivity contribution in [3.8, 4) is 16.9 Å². The van der Waals surface area contributed by atoms with Crippen molar-refractivity contribution in [2.75, 3.05) is 44.1 Å². The third-order valence-electron chi connectivity index (χ3n) is 14.2. The summed E-state index contributed by atoms with van der Waals surface area (Å²) in [6.45, 7) is 12.5. The third-order valence-corrected chi connectivity index (χ3v) is 15.1. The smallest absolute Gasteiger partial charge is 0.358 e. The standard InChI is InChI=1S/C49H59N9O4S/c1-31-35-10-9-20-57(43(35)56-55-42(31)54-45-52-38-11-7-8-12-39(38)63-45)40-18-17-36(41(53-40)44(59)61-23-33-13-15-34(60-6)16-14-33)37-22-51-58(32(37)2)30-48-25-46(3)24-47(4,26-48)28-49(27-46,29-48)62-21-19-50-5/h7-8,11-18,22,50,55-56H,9-10,19-21,23-30H2,1-6H3,(H,52,54). The van der Waals surface area contributed by atoms with Gasteiger partial charge in [0.1, 0.15) is 29.8 Å². The molecule has 4 aliphatic carbocycles. The van der Waals surface area contributed by atoms with Crippen molar-refractivity contribution in [3.63, 3.8) is 0 Å². The first-order chi connectivity index (χ1) is 30.4. The number of carbonyl (C=O) groups excluding carboxylic acids is 1. The SMILES string of the molecule is CNCCOC12CC3(C)CC(C)(CC(Cn4ncc(-c5ccc(N6CCCC7=C6NNC(Nc6nc8ccccc8s6)=C7C)nc5C(=O)OCc5ccc(OC)cc5)c4C)(C3)C1)C2. The molecule has 63 heavy (non-hydrogen) atoms. The van der Waals surface area contributed by atoms with Crippen molar-refractivity contribution in [2.45, 2.75) is 97.8 Å². The predicted octanol–water partition coefficient (Wildman–Crippen LogP) is 8.85. The summed E-state index contributed by atoms with van der Waals surface area (Å²) < 4.78 is 21.6. The Labute approximate surface area is 373 Å². The normalized spacial score (nSPS) is 26.2. The Hall–Kier alpha value is -5.44. The molecule has 11 rings (SSSR count). The van der Waals surface area contributed by atoms with Gasteiger partial charge in [0, 0.05) is 42.0 Å². The van der Waals surface area contributed by atoms with Crippen molar-refractivity contribution in [1.29, 1.82) is 0 Å². The number of allylic oxidation sites excluding steroid dienone is 2. The molecule has 0 radical (unpaired) electrons. The van der Waals surface area contributed by atoms with Gasteiger partial charge >= 0.3 is 5.97 Å². The average molecular weight is 870 g/mol. The molecule has 4 N–H and O–H groups in total. The summed E-state index contributed by atoms with van der Waals surface area (Å²) >= 11 is 1.62. The van der Waals surface area contributed by atoms with Gasteiger partial charge in [-0.1, -0.05) is 49.4 Å². The first-order valence-corrected chi connectivity index (χ1v) is 23.2. The molecule has 4 bridgehead atoms. The summed E-state index contributed by atoms with van der Waals surface area (Å²) in [6.07, 6.45) is 10.6. The van der Waals surface area contributed by atoms with Gasteiger partial charge in [-0.15, -0.1) is 0 Å². The van der Waals surface area contributed by atoms with Gasteiger partial charge < -0.3 is 29.7 Å². The van der Waals surface area contributed by atoms with Gasteiger partial charge in [-0.3, -0.25) is 15.5 Å². The number of pyridine rings is 1. The zero-order chi connectivity index (χ0) is 43.6. The molecule has 5 aromatic rings. The molecule has 0 spiro atoms.